The predicted octanol–water partition coefficient (Wildman–Crippen LogP) is 2.68. The summed E-state index contributed by atoms with van der Waals surface area (Å²) in [6.45, 7) is 0. The average Bonchev–Trinajstić information content (AvgIpc) is 3.17. The molecule has 3 rings (SSSR count). The van der Waals surface area contributed by atoms with Crippen molar-refractivity contribution in [2.45, 2.75) is 25.7 Å². The number of aromatic nitrogens is 1. The van der Waals surface area contributed by atoms with E-state index in [1.807, 2.05) is 0 Å². The molecule has 0 saturated heterocycles. The Hall–Kier alpha value is -1.42. The van der Waals surface area contributed by atoms with Gasteiger partial charge in [-0.3, -0.25) is 9.59 Å². The van der Waals surface area contributed by atoms with Crippen molar-refractivity contribution in [1.29, 1.82) is 0 Å². The van der Waals surface area contributed by atoms with Gasteiger partial charge in [0, 0.05) is 24.1 Å². The van der Waals surface area contributed by atoms with Crippen LogP contribution in [0.25, 0.3) is 0 Å². The van der Waals surface area contributed by atoms with Crippen molar-refractivity contribution < 1.29 is 9.59 Å². The lowest BCUT2D eigenvalue weighted by atomic mass is 10.1. The molecule has 4 nitrogen and oxygen atoms in total. The Morgan fingerprint density at radius 2 is 1.89 bits per heavy atom. The summed E-state index contributed by atoms with van der Waals surface area (Å²) in [6.07, 6.45) is 5.23. The van der Waals surface area contributed by atoms with Gasteiger partial charge in [-0.1, -0.05) is 11.6 Å². The Kier molecular flexibility index (Phi) is 2.82. The molecule has 0 atom stereocenters. The minimum atomic E-state index is -0.0140. The van der Waals surface area contributed by atoms with Gasteiger partial charge in [0.15, 0.2) is 5.78 Å². The fourth-order valence-corrected chi connectivity index (χ4v) is 2.07. The lowest BCUT2D eigenvalue weighted by Gasteiger charge is -2.06. The van der Waals surface area contributed by atoms with Gasteiger partial charge in [-0.15, -0.1) is 0 Å². The fourth-order valence-electron chi connectivity index (χ4n) is 1.82. The van der Waals surface area contributed by atoms with Gasteiger partial charge in [-0.05, 0) is 25.7 Å². The number of rotatable bonds is 4. The van der Waals surface area contributed by atoms with Crippen molar-refractivity contribution in [2.24, 2.45) is 11.8 Å². The Balaban J connectivity index is 1.75. The third-order valence-corrected chi connectivity index (χ3v) is 3.58. The van der Waals surface area contributed by atoms with Crippen LogP contribution >= 0.6 is 11.6 Å². The largest absolute Gasteiger partial charge is 0.310 e. The van der Waals surface area contributed by atoms with Crippen LogP contribution in [0.1, 0.15) is 36.0 Å². The molecule has 2 aliphatic carbocycles. The molecule has 2 saturated carbocycles. The molecular formula is C13H13ClN2O2. The Bertz CT molecular complexity index is 522. The lowest BCUT2D eigenvalue weighted by molar-refractivity contribution is -0.117. The monoisotopic (exact) mass is 264 g/mol. The Morgan fingerprint density at radius 3 is 2.44 bits per heavy atom. The summed E-state index contributed by atoms with van der Waals surface area (Å²) in [4.78, 5) is 27.5. The van der Waals surface area contributed by atoms with Gasteiger partial charge in [0.05, 0.1) is 10.6 Å². The highest BCUT2D eigenvalue weighted by molar-refractivity contribution is 6.34. The average molecular weight is 265 g/mol. The van der Waals surface area contributed by atoms with Gasteiger partial charge >= 0.3 is 0 Å². The lowest BCUT2D eigenvalue weighted by Crippen LogP contribution is -2.15. The van der Waals surface area contributed by atoms with Crippen molar-refractivity contribution in [2.75, 3.05) is 5.32 Å². The summed E-state index contributed by atoms with van der Waals surface area (Å²) in [5.74, 6) is 0.714. The van der Waals surface area contributed by atoms with Crippen molar-refractivity contribution >= 4 is 29.1 Å². The van der Waals surface area contributed by atoms with Crippen LogP contribution in [0.2, 0.25) is 5.02 Å². The number of anilines is 1. The number of nitrogens with zero attached hydrogens (tertiary/aromatic N) is 1. The van der Waals surface area contributed by atoms with E-state index in [4.69, 9.17) is 11.6 Å². The highest BCUT2D eigenvalue weighted by Gasteiger charge is 2.32. The quantitative estimate of drug-likeness (QED) is 0.851. The van der Waals surface area contributed by atoms with Crippen molar-refractivity contribution in [3.63, 3.8) is 0 Å². The maximum absolute atomic E-state index is 11.9. The molecule has 0 aromatic carbocycles. The second kappa shape index (κ2) is 4.35. The number of halogens is 1. The van der Waals surface area contributed by atoms with E-state index in [2.05, 4.69) is 10.3 Å². The first-order valence-corrected chi connectivity index (χ1v) is 6.53. The second-order valence-corrected chi connectivity index (χ2v) is 5.36. The van der Waals surface area contributed by atoms with Crippen LogP contribution in [-0.4, -0.2) is 16.7 Å². The summed E-state index contributed by atoms with van der Waals surface area (Å²) in [5.41, 5.74) is 0.462. The van der Waals surface area contributed by atoms with E-state index in [1.54, 1.807) is 6.07 Å². The topological polar surface area (TPSA) is 59.1 Å². The van der Waals surface area contributed by atoms with Gasteiger partial charge in [0.25, 0.3) is 0 Å². The molecule has 0 unspecified atom stereocenters. The van der Waals surface area contributed by atoms with E-state index >= 15 is 0 Å². The predicted molar refractivity (Wildman–Crippen MR) is 67.7 cm³/mol. The summed E-state index contributed by atoms with van der Waals surface area (Å²) in [5, 5.41) is 3.08. The number of carbonyl (C=O) groups is 2. The molecule has 1 heterocycles. The number of amides is 1. The minimum Gasteiger partial charge on any atom is -0.310 e. The molecule has 18 heavy (non-hydrogen) atoms. The molecule has 1 amide bonds. The molecule has 0 spiro atoms. The molecule has 0 aliphatic heterocycles. The highest BCUT2D eigenvalue weighted by Crippen LogP contribution is 2.35. The molecule has 94 valence electrons. The van der Waals surface area contributed by atoms with Crippen molar-refractivity contribution in [1.82, 2.24) is 4.98 Å². The number of hydrogen-bond acceptors (Lipinski definition) is 3. The van der Waals surface area contributed by atoms with Gasteiger partial charge < -0.3 is 5.32 Å². The van der Waals surface area contributed by atoms with E-state index in [1.165, 1.54) is 6.20 Å². The Morgan fingerprint density at radius 1 is 1.22 bits per heavy atom. The van der Waals surface area contributed by atoms with Crippen LogP contribution in [0.15, 0.2) is 12.3 Å². The Labute approximate surface area is 110 Å². The minimum absolute atomic E-state index is 0.0140. The maximum Gasteiger partial charge on any atom is 0.228 e. The first-order chi connectivity index (χ1) is 8.65. The zero-order valence-corrected chi connectivity index (χ0v) is 10.5. The van der Waals surface area contributed by atoms with Crippen LogP contribution in [0.5, 0.6) is 0 Å². The first-order valence-electron chi connectivity index (χ1n) is 6.16. The number of pyridine rings is 1. The number of Topliss-reactive ketones (excluding diaryl/α,β-unsaturated/α-hetero) is 1. The first kappa shape index (κ1) is 11.7. The summed E-state index contributed by atoms with van der Waals surface area (Å²) < 4.78 is 0. The van der Waals surface area contributed by atoms with Gasteiger partial charge in [0.1, 0.15) is 5.82 Å². The zero-order chi connectivity index (χ0) is 12.7. The standard InChI is InChI=1S/C13H13ClN2O2/c14-10-5-11(16-13(18)8-3-4-8)15-6-9(10)12(17)7-1-2-7/h5-8H,1-4H2,(H,15,16,18). The molecule has 1 N–H and O–H groups in total. The number of hydrogen-bond donors (Lipinski definition) is 1. The molecule has 0 bridgehead atoms. The molecule has 5 heteroatoms. The second-order valence-electron chi connectivity index (χ2n) is 4.95. The normalized spacial score (nSPS) is 18.5. The smallest absolute Gasteiger partial charge is 0.228 e. The van der Waals surface area contributed by atoms with E-state index in [0.29, 0.717) is 16.4 Å². The molecule has 2 fully saturated rings. The molecule has 2 aliphatic rings. The molecule has 1 aromatic rings. The van der Waals surface area contributed by atoms with E-state index in [9.17, 15) is 9.59 Å². The fraction of sp³-hybridized carbons (Fsp3) is 0.462. The van der Waals surface area contributed by atoms with Gasteiger partial charge in [0.2, 0.25) is 5.91 Å². The SMILES string of the molecule is O=C(Nc1cc(Cl)c(C(=O)C2CC2)cn1)C1CC1. The van der Waals surface area contributed by atoms with Crippen LogP contribution < -0.4 is 5.32 Å². The van der Waals surface area contributed by atoms with E-state index in [-0.39, 0.29) is 23.5 Å². The van der Waals surface area contributed by atoms with Gasteiger partial charge in [-0.2, -0.15) is 0 Å². The maximum atomic E-state index is 11.9. The molecule has 1 aromatic heterocycles. The van der Waals surface area contributed by atoms with Gasteiger partial charge in [-0.25, -0.2) is 4.98 Å². The van der Waals surface area contributed by atoms with Crippen LogP contribution in [0.4, 0.5) is 5.82 Å². The third-order valence-electron chi connectivity index (χ3n) is 3.27. The molecular weight excluding hydrogens is 252 g/mol. The van der Waals surface area contributed by atoms with Crippen molar-refractivity contribution in [3.8, 4) is 0 Å². The number of nitrogens with one attached hydrogen (secondary N) is 1. The third kappa shape index (κ3) is 2.38. The van der Waals surface area contributed by atoms with Crippen LogP contribution in [0, 0.1) is 11.8 Å². The molecule has 0 radical (unpaired) electrons. The van der Waals surface area contributed by atoms with Crippen molar-refractivity contribution in [3.05, 3.63) is 22.8 Å². The number of ketones is 1. The zero-order valence-electron chi connectivity index (χ0n) is 9.78. The van der Waals surface area contributed by atoms with E-state index < -0.39 is 0 Å². The summed E-state index contributed by atoms with van der Waals surface area (Å²) in [7, 11) is 0. The van der Waals surface area contributed by atoms with Crippen LogP contribution in [-0.2, 0) is 4.79 Å². The number of carbonyl (C=O) groups excluding carboxylic acids is 2. The van der Waals surface area contributed by atoms with Crippen LogP contribution in [0.3, 0.4) is 0 Å². The highest BCUT2D eigenvalue weighted by atomic mass is 35.5. The summed E-state index contributed by atoms with van der Waals surface area (Å²) >= 11 is 6.06. The van der Waals surface area contributed by atoms with E-state index in [0.717, 1.165) is 25.7 Å². The summed E-state index contributed by atoms with van der Waals surface area (Å²) in [6, 6.07) is 1.55.